The van der Waals surface area contributed by atoms with E-state index in [9.17, 15) is 9.59 Å². The van der Waals surface area contributed by atoms with Gasteiger partial charge < -0.3 is 19.7 Å². The Morgan fingerprint density at radius 2 is 1.86 bits per heavy atom. The second-order valence-electron chi connectivity index (χ2n) is 6.75. The summed E-state index contributed by atoms with van der Waals surface area (Å²) in [4.78, 5) is 26.6. The number of nitrogens with zero attached hydrogens (tertiary/aromatic N) is 1. The zero-order valence-corrected chi connectivity index (χ0v) is 16.3. The number of hydrogen-bond donors (Lipinski definition) is 1. The van der Waals surface area contributed by atoms with Gasteiger partial charge in [0.2, 0.25) is 11.8 Å². The van der Waals surface area contributed by atoms with Crippen LogP contribution in [0.4, 0.5) is 5.69 Å². The lowest BCUT2D eigenvalue weighted by Gasteiger charge is -2.19. The van der Waals surface area contributed by atoms with E-state index in [0.717, 1.165) is 11.1 Å². The van der Waals surface area contributed by atoms with E-state index >= 15 is 0 Å². The van der Waals surface area contributed by atoms with Crippen molar-refractivity contribution in [3.63, 3.8) is 0 Å². The van der Waals surface area contributed by atoms with Gasteiger partial charge in [-0.05, 0) is 30.2 Å². The fourth-order valence-corrected chi connectivity index (χ4v) is 3.28. The molecule has 0 aliphatic carbocycles. The van der Waals surface area contributed by atoms with Crippen molar-refractivity contribution in [2.75, 3.05) is 25.2 Å². The van der Waals surface area contributed by atoms with Crippen LogP contribution in [0.5, 0.6) is 5.75 Å². The summed E-state index contributed by atoms with van der Waals surface area (Å²) >= 11 is 0. The first-order valence-electron chi connectivity index (χ1n) is 9.49. The van der Waals surface area contributed by atoms with Crippen molar-refractivity contribution in [2.24, 2.45) is 5.92 Å². The molecule has 28 heavy (non-hydrogen) atoms. The Bertz CT molecular complexity index is 820. The third-order valence-electron chi connectivity index (χ3n) is 4.83. The maximum absolute atomic E-state index is 12.6. The highest BCUT2D eigenvalue weighted by Gasteiger charge is 2.36. The molecular weight excluding hydrogens is 356 g/mol. The number of nitrogens with one attached hydrogen (secondary N) is 1. The van der Waals surface area contributed by atoms with E-state index < -0.39 is 0 Å². The number of methoxy groups -OCH3 is 1. The van der Waals surface area contributed by atoms with Gasteiger partial charge >= 0.3 is 0 Å². The van der Waals surface area contributed by atoms with Crippen LogP contribution in [0.1, 0.15) is 24.5 Å². The zero-order valence-electron chi connectivity index (χ0n) is 16.3. The van der Waals surface area contributed by atoms with E-state index in [1.807, 2.05) is 55.5 Å². The molecule has 1 aliphatic rings. The zero-order chi connectivity index (χ0) is 19.9. The van der Waals surface area contributed by atoms with Crippen molar-refractivity contribution < 1.29 is 19.1 Å². The summed E-state index contributed by atoms with van der Waals surface area (Å²) < 4.78 is 10.7. The first kappa shape index (κ1) is 19.9. The van der Waals surface area contributed by atoms with Gasteiger partial charge in [-0.15, -0.1) is 0 Å². The average molecular weight is 382 g/mol. The predicted octanol–water partition coefficient (Wildman–Crippen LogP) is 2.90. The molecule has 2 amide bonds. The molecule has 2 aromatic carbocycles. The second kappa shape index (κ2) is 9.37. The number of carbonyl (C=O) groups excluding carboxylic acids is 2. The number of anilines is 1. The molecule has 3 rings (SSSR count). The molecular formula is C22H26N2O4. The third-order valence-corrected chi connectivity index (χ3v) is 4.83. The quantitative estimate of drug-likeness (QED) is 0.762. The van der Waals surface area contributed by atoms with Crippen molar-refractivity contribution in [2.45, 2.75) is 26.5 Å². The molecule has 1 saturated heterocycles. The number of benzene rings is 2. The second-order valence-corrected chi connectivity index (χ2v) is 6.75. The van der Waals surface area contributed by atoms with Crippen molar-refractivity contribution in [1.29, 1.82) is 0 Å². The monoisotopic (exact) mass is 382 g/mol. The van der Waals surface area contributed by atoms with Gasteiger partial charge in [-0.1, -0.05) is 36.4 Å². The van der Waals surface area contributed by atoms with Gasteiger partial charge in [0.15, 0.2) is 0 Å². The summed E-state index contributed by atoms with van der Waals surface area (Å²) in [5.74, 6) is 0.0905. The molecule has 148 valence electrons. The number of para-hydroxylation sites is 2. The van der Waals surface area contributed by atoms with E-state index in [0.29, 0.717) is 37.7 Å². The largest absolute Gasteiger partial charge is 0.495 e. The Hall–Kier alpha value is -2.86. The molecule has 1 aliphatic heterocycles. The van der Waals surface area contributed by atoms with Gasteiger partial charge in [0.1, 0.15) is 5.75 Å². The number of ether oxygens (including phenoxy) is 2. The maximum Gasteiger partial charge on any atom is 0.227 e. The van der Waals surface area contributed by atoms with Gasteiger partial charge in [-0.2, -0.15) is 0 Å². The molecule has 1 atom stereocenters. The number of carbonyl (C=O) groups is 2. The van der Waals surface area contributed by atoms with E-state index in [1.165, 1.54) is 0 Å². The minimum atomic E-state index is -0.366. The predicted molar refractivity (Wildman–Crippen MR) is 107 cm³/mol. The Morgan fingerprint density at radius 3 is 2.57 bits per heavy atom. The molecule has 0 saturated carbocycles. The van der Waals surface area contributed by atoms with Crippen LogP contribution in [0.3, 0.4) is 0 Å². The Morgan fingerprint density at radius 1 is 1.14 bits per heavy atom. The van der Waals surface area contributed by atoms with E-state index in [-0.39, 0.29) is 24.2 Å². The molecule has 6 heteroatoms. The van der Waals surface area contributed by atoms with Crippen molar-refractivity contribution >= 4 is 17.5 Å². The van der Waals surface area contributed by atoms with E-state index in [2.05, 4.69) is 5.32 Å². The summed E-state index contributed by atoms with van der Waals surface area (Å²) in [5, 5.41) is 2.94. The van der Waals surface area contributed by atoms with Crippen molar-refractivity contribution in [1.82, 2.24) is 5.32 Å². The van der Waals surface area contributed by atoms with Gasteiger partial charge in [0, 0.05) is 26.1 Å². The fraction of sp³-hybridized carbons (Fsp3) is 0.364. The SMILES string of the molecule is CCOCc1ccc(CNC(=O)C2CC(=O)N(c3ccccc3OC)C2)cc1. The number of hydrogen-bond acceptors (Lipinski definition) is 4. The summed E-state index contributed by atoms with van der Waals surface area (Å²) in [6.07, 6.45) is 0.206. The van der Waals surface area contributed by atoms with Crippen molar-refractivity contribution in [3.05, 3.63) is 59.7 Å². The Labute approximate surface area is 165 Å². The van der Waals surface area contributed by atoms with Gasteiger partial charge in [0.25, 0.3) is 0 Å². The lowest BCUT2D eigenvalue weighted by atomic mass is 10.1. The molecule has 1 unspecified atom stereocenters. The smallest absolute Gasteiger partial charge is 0.227 e. The fourth-order valence-electron chi connectivity index (χ4n) is 3.28. The van der Waals surface area contributed by atoms with E-state index in [4.69, 9.17) is 9.47 Å². The highest BCUT2D eigenvalue weighted by Crippen LogP contribution is 2.32. The molecule has 6 nitrogen and oxygen atoms in total. The minimum absolute atomic E-state index is 0.0649. The molecule has 0 aromatic heterocycles. The summed E-state index contributed by atoms with van der Waals surface area (Å²) in [6.45, 7) is 4.04. The van der Waals surface area contributed by atoms with Crippen LogP contribution in [0.25, 0.3) is 0 Å². The summed E-state index contributed by atoms with van der Waals surface area (Å²) in [7, 11) is 1.57. The van der Waals surface area contributed by atoms with Crippen LogP contribution in [0, 0.1) is 5.92 Å². The van der Waals surface area contributed by atoms with E-state index in [1.54, 1.807) is 12.0 Å². The molecule has 0 radical (unpaired) electrons. The lowest BCUT2D eigenvalue weighted by molar-refractivity contribution is -0.126. The van der Waals surface area contributed by atoms with Crippen LogP contribution in [0.2, 0.25) is 0 Å². The first-order valence-corrected chi connectivity index (χ1v) is 9.49. The molecule has 1 fully saturated rings. The van der Waals surface area contributed by atoms with Crippen LogP contribution in [-0.2, 0) is 27.5 Å². The molecule has 2 aromatic rings. The van der Waals surface area contributed by atoms with Crippen LogP contribution in [0.15, 0.2) is 48.5 Å². The minimum Gasteiger partial charge on any atom is -0.495 e. The number of rotatable bonds is 8. The maximum atomic E-state index is 12.6. The van der Waals surface area contributed by atoms with Crippen LogP contribution >= 0.6 is 0 Å². The van der Waals surface area contributed by atoms with Crippen LogP contribution < -0.4 is 15.0 Å². The van der Waals surface area contributed by atoms with Crippen molar-refractivity contribution in [3.8, 4) is 5.75 Å². The number of amides is 2. The van der Waals surface area contributed by atoms with Gasteiger partial charge in [-0.25, -0.2) is 0 Å². The highest BCUT2D eigenvalue weighted by atomic mass is 16.5. The summed E-state index contributed by atoms with van der Waals surface area (Å²) in [5.41, 5.74) is 2.82. The third kappa shape index (κ3) is 4.70. The topological polar surface area (TPSA) is 67.9 Å². The summed E-state index contributed by atoms with van der Waals surface area (Å²) in [6, 6.07) is 15.3. The average Bonchev–Trinajstić information content (AvgIpc) is 3.12. The Kier molecular flexibility index (Phi) is 6.66. The van der Waals surface area contributed by atoms with Crippen LogP contribution in [-0.4, -0.2) is 32.1 Å². The molecule has 0 spiro atoms. The lowest BCUT2D eigenvalue weighted by Crippen LogP contribution is -2.32. The molecule has 0 bridgehead atoms. The molecule has 1 heterocycles. The standard InChI is InChI=1S/C22H26N2O4/c1-3-28-15-17-10-8-16(9-11-17)13-23-22(26)18-12-21(25)24(14-18)19-6-4-5-7-20(19)27-2/h4-11,18H,3,12-15H2,1-2H3,(H,23,26). The van der Waals surface area contributed by atoms with Gasteiger partial charge in [0.05, 0.1) is 25.3 Å². The first-order chi connectivity index (χ1) is 13.6. The molecule has 1 N–H and O–H groups in total. The Balaban J connectivity index is 1.56. The normalized spacial score (nSPS) is 16.3. The van der Waals surface area contributed by atoms with Gasteiger partial charge in [-0.3, -0.25) is 9.59 Å². The highest BCUT2D eigenvalue weighted by molar-refractivity contribution is 6.01.